The van der Waals surface area contributed by atoms with Crippen LogP contribution in [0.5, 0.6) is 0 Å². The van der Waals surface area contributed by atoms with Gasteiger partial charge in [-0.1, -0.05) is 91.0 Å². The molecule has 4 atom stereocenters. The predicted octanol–water partition coefficient (Wildman–Crippen LogP) is 4.89. The second-order valence-corrected chi connectivity index (χ2v) is 9.41. The molecule has 192 valence electrons. The number of hydrogen-bond donors (Lipinski definition) is 1. The highest BCUT2D eigenvalue weighted by molar-refractivity contribution is 5.15. The topological polar surface area (TPSA) is 66.4 Å². The molecule has 3 aromatic rings. The maximum absolute atomic E-state index is 10.4. The molecule has 0 saturated carbocycles. The Morgan fingerprint density at radius 3 is 1.67 bits per heavy atom. The molecule has 0 aromatic heterocycles. The molecule has 3 aromatic carbocycles. The molecule has 0 aliphatic carbocycles. The van der Waals surface area contributed by atoms with Crippen LogP contribution < -0.4 is 0 Å². The average Bonchev–Trinajstić information content (AvgIpc) is 3.28. The van der Waals surface area contributed by atoms with Crippen molar-refractivity contribution in [2.45, 2.75) is 63.9 Å². The molecule has 0 radical (unpaired) electrons. The molecular weight excluding hydrogens is 456 g/mol. The smallest absolute Gasteiger partial charge is 0.163 e. The molecule has 0 amide bonds. The van der Waals surface area contributed by atoms with Crippen molar-refractivity contribution in [3.8, 4) is 0 Å². The van der Waals surface area contributed by atoms with Crippen molar-refractivity contribution >= 4 is 0 Å². The highest BCUT2D eigenvalue weighted by Crippen LogP contribution is 2.30. The van der Waals surface area contributed by atoms with Crippen molar-refractivity contribution in [2.75, 3.05) is 13.2 Å². The minimum Gasteiger partial charge on any atom is -0.394 e. The second kappa shape index (κ2) is 13.1. The number of ether oxygens (including phenoxy) is 5. The molecule has 1 aliphatic rings. The first kappa shape index (κ1) is 26.5. The number of aliphatic hydroxyl groups excluding tert-OH is 1. The molecular formula is C30H36O6. The van der Waals surface area contributed by atoms with Gasteiger partial charge in [0.15, 0.2) is 5.79 Å². The summed E-state index contributed by atoms with van der Waals surface area (Å²) in [6, 6.07) is 29.8. The molecule has 1 N–H and O–H groups in total. The van der Waals surface area contributed by atoms with Gasteiger partial charge in [0.05, 0.1) is 33.0 Å². The van der Waals surface area contributed by atoms with E-state index in [1.54, 1.807) is 0 Å². The fraction of sp³-hybridized carbons (Fsp3) is 0.400. The summed E-state index contributed by atoms with van der Waals surface area (Å²) in [5, 5.41) is 10.4. The molecule has 0 spiro atoms. The summed E-state index contributed by atoms with van der Waals surface area (Å²) in [7, 11) is 0. The zero-order valence-electron chi connectivity index (χ0n) is 21.0. The lowest BCUT2D eigenvalue weighted by molar-refractivity contribution is -0.205. The van der Waals surface area contributed by atoms with Crippen molar-refractivity contribution in [1.82, 2.24) is 0 Å². The Morgan fingerprint density at radius 1 is 0.750 bits per heavy atom. The minimum absolute atomic E-state index is 0.228. The van der Waals surface area contributed by atoms with Gasteiger partial charge in [-0.15, -0.1) is 0 Å². The zero-order chi connectivity index (χ0) is 25.2. The first-order valence-corrected chi connectivity index (χ1v) is 12.4. The molecule has 36 heavy (non-hydrogen) atoms. The standard InChI is InChI=1S/C30H36O6/c1-30(2)35-22-27(36-30)29(34-21-25-16-10-5-11-17-25)28(33-20-24-14-8-4-9-15-24)26(18-31)32-19-23-12-6-3-7-13-23/h3-17,26-29,31H,18-22H2,1-2H3/t26-,27+,28+,29-/m0/s1. The quantitative estimate of drug-likeness (QED) is 0.367. The average molecular weight is 493 g/mol. The van der Waals surface area contributed by atoms with E-state index in [1.165, 1.54) is 0 Å². The largest absolute Gasteiger partial charge is 0.394 e. The monoisotopic (exact) mass is 492 g/mol. The molecule has 4 rings (SSSR count). The van der Waals surface area contributed by atoms with E-state index in [2.05, 4.69) is 0 Å². The van der Waals surface area contributed by atoms with E-state index in [0.29, 0.717) is 26.4 Å². The van der Waals surface area contributed by atoms with Gasteiger partial charge in [-0.05, 0) is 30.5 Å². The third-order valence-electron chi connectivity index (χ3n) is 6.14. The summed E-state index contributed by atoms with van der Waals surface area (Å²) in [4.78, 5) is 0. The van der Waals surface area contributed by atoms with Gasteiger partial charge in [0.1, 0.15) is 24.4 Å². The van der Waals surface area contributed by atoms with E-state index in [0.717, 1.165) is 16.7 Å². The zero-order valence-corrected chi connectivity index (χ0v) is 21.0. The Hall–Kier alpha value is -2.58. The van der Waals surface area contributed by atoms with Crippen LogP contribution in [0.4, 0.5) is 0 Å². The van der Waals surface area contributed by atoms with Gasteiger partial charge >= 0.3 is 0 Å². The van der Waals surface area contributed by atoms with E-state index in [1.807, 2.05) is 105 Å². The van der Waals surface area contributed by atoms with Gasteiger partial charge in [-0.2, -0.15) is 0 Å². The maximum Gasteiger partial charge on any atom is 0.163 e. The van der Waals surface area contributed by atoms with Crippen LogP contribution in [0.1, 0.15) is 30.5 Å². The second-order valence-electron chi connectivity index (χ2n) is 9.41. The van der Waals surface area contributed by atoms with Crippen LogP contribution >= 0.6 is 0 Å². The number of aliphatic hydroxyl groups is 1. The van der Waals surface area contributed by atoms with Gasteiger partial charge in [-0.25, -0.2) is 0 Å². The Morgan fingerprint density at radius 2 is 1.22 bits per heavy atom. The molecule has 1 heterocycles. The van der Waals surface area contributed by atoms with E-state index < -0.39 is 24.1 Å². The lowest BCUT2D eigenvalue weighted by atomic mass is 10.0. The Balaban J connectivity index is 1.57. The van der Waals surface area contributed by atoms with Crippen molar-refractivity contribution in [1.29, 1.82) is 0 Å². The van der Waals surface area contributed by atoms with Crippen molar-refractivity contribution in [3.05, 3.63) is 108 Å². The third kappa shape index (κ3) is 7.71. The lowest BCUT2D eigenvalue weighted by Crippen LogP contribution is -2.51. The van der Waals surface area contributed by atoms with E-state index >= 15 is 0 Å². The first-order chi connectivity index (χ1) is 17.5. The SMILES string of the molecule is CC1(C)OC[C@H]([C@H](OCc2ccccc2)[C@H](OCc2ccccc2)[C@H](CO)OCc2ccccc2)O1. The van der Waals surface area contributed by atoms with Crippen LogP contribution in [0, 0.1) is 0 Å². The van der Waals surface area contributed by atoms with Gasteiger partial charge in [-0.3, -0.25) is 0 Å². The summed E-state index contributed by atoms with van der Waals surface area (Å²) < 4.78 is 31.3. The van der Waals surface area contributed by atoms with Crippen molar-refractivity contribution < 1.29 is 28.8 Å². The Kier molecular flexibility index (Phi) is 9.64. The molecule has 6 heteroatoms. The Bertz CT molecular complexity index is 1010. The minimum atomic E-state index is -0.734. The maximum atomic E-state index is 10.4. The fourth-order valence-corrected chi connectivity index (χ4v) is 4.27. The van der Waals surface area contributed by atoms with Gasteiger partial charge in [0.25, 0.3) is 0 Å². The number of benzene rings is 3. The van der Waals surface area contributed by atoms with Crippen LogP contribution in [-0.2, 0) is 43.5 Å². The molecule has 6 nitrogen and oxygen atoms in total. The molecule has 1 fully saturated rings. The summed E-state index contributed by atoms with van der Waals surface area (Å²) in [5.74, 6) is -0.734. The fourth-order valence-electron chi connectivity index (χ4n) is 4.27. The van der Waals surface area contributed by atoms with Crippen molar-refractivity contribution in [2.24, 2.45) is 0 Å². The molecule has 1 saturated heterocycles. The third-order valence-corrected chi connectivity index (χ3v) is 6.14. The lowest BCUT2D eigenvalue weighted by Gasteiger charge is -2.35. The highest BCUT2D eigenvalue weighted by atomic mass is 16.8. The van der Waals surface area contributed by atoms with Crippen LogP contribution in [0.15, 0.2) is 91.0 Å². The normalized spacial score (nSPS) is 19.6. The van der Waals surface area contributed by atoms with Gasteiger partial charge in [0, 0.05) is 0 Å². The summed E-state index contributed by atoms with van der Waals surface area (Å²) in [5.41, 5.74) is 3.07. The summed E-state index contributed by atoms with van der Waals surface area (Å²) >= 11 is 0. The van der Waals surface area contributed by atoms with Crippen LogP contribution in [0.2, 0.25) is 0 Å². The van der Waals surface area contributed by atoms with Crippen LogP contribution in [0.25, 0.3) is 0 Å². The molecule has 0 unspecified atom stereocenters. The number of rotatable bonds is 13. The van der Waals surface area contributed by atoms with Crippen molar-refractivity contribution in [3.63, 3.8) is 0 Å². The molecule has 1 aliphatic heterocycles. The van der Waals surface area contributed by atoms with Crippen LogP contribution in [0.3, 0.4) is 0 Å². The van der Waals surface area contributed by atoms with Gasteiger partial charge in [0.2, 0.25) is 0 Å². The number of hydrogen-bond acceptors (Lipinski definition) is 6. The van der Waals surface area contributed by atoms with Crippen LogP contribution in [-0.4, -0.2) is 48.5 Å². The summed E-state index contributed by atoms with van der Waals surface area (Å²) in [6.07, 6.45) is -2.17. The highest BCUT2D eigenvalue weighted by Gasteiger charge is 2.44. The molecule has 0 bridgehead atoms. The van der Waals surface area contributed by atoms with E-state index in [-0.39, 0.29) is 12.7 Å². The Labute approximate surface area is 213 Å². The first-order valence-electron chi connectivity index (χ1n) is 12.4. The van der Waals surface area contributed by atoms with E-state index in [9.17, 15) is 5.11 Å². The predicted molar refractivity (Wildman–Crippen MR) is 137 cm³/mol. The van der Waals surface area contributed by atoms with E-state index in [4.69, 9.17) is 23.7 Å². The van der Waals surface area contributed by atoms with Gasteiger partial charge < -0.3 is 28.8 Å². The summed E-state index contributed by atoms with van der Waals surface area (Å²) in [6.45, 7) is 4.96.